The highest BCUT2D eigenvalue weighted by molar-refractivity contribution is 5.63. The van der Waals surface area contributed by atoms with E-state index in [0.717, 1.165) is 31.2 Å². The fourth-order valence-electron chi connectivity index (χ4n) is 3.41. The molecule has 0 amide bonds. The second kappa shape index (κ2) is 4.69. The fourth-order valence-corrected chi connectivity index (χ4v) is 3.41. The van der Waals surface area contributed by atoms with E-state index in [2.05, 4.69) is 5.18 Å². The molecule has 0 radical (unpaired) electrons. The summed E-state index contributed by atoms with van der Waals surface area (Å²) in [6, 6.07) is 1.84. The maximum atomic E-state index is 10.7. The van der Waals surface area contributed by atoms with Gasteiger partial charge in [0.1, 0.15) is 11.4 Å². The van der Waals surface area contributed by atoms with Gasteiger partial charge in [0.2, 0.25) is 0 Å². The third kappa shape index (κ3) is 1.81. The number of rotatable bonds is 1. The first kappa shape index (κ1) is 13.0. The molecule has 0 spiro atoms. The Morgan fingerprint density at radius 3 is 2.94 bits per heavy atom. The standard InChI is InChI=1S/C13H16N2O2.CH4/c14-9-4-7-2-1-3-8-5-11(15-17)13(16)10(6-9)12(7)8;/h5,7,9,16H,1-4,6,14H2;1H4/t7?,9-;/m0./s1. The second-order valence-corrected chi connectivity index (χ2v) is 5.18. The fraction of sp³-hybridized carbons (Fsp3) is 0.571. The summed E-state index contributed by atoms with van der Waals surface area (Å²) in [5, 5.41) is 13.0. The van der Waals surface area contributed by atoms with Crippen LogP contribution in [-0.4, -0.2) is 11.1 Å². The molecule has 0 heterocycles. The zero-order valence-corrected chi connectivity index (χ0v) is 9.65. The van der Waals surface area contributed by atoms with Gasteiger partial charge in [-0.25, -0.2) is 0 Å². The van der Waals surface area contributed by atoms with Gasteiger partial charge in [0.15, 0.2) is 0 Å². The third-order valence-electron chi connectivity index (χ3n) is 4.07. The van der Waals surface area contributed by atoms with Crippen LogP contribution in [-0.2, 0) is 12.8 Å². The van der Waals surface area contributed by atoms with Crippen LogP contribution in [0.1, 0.15) is 49.3 Å². The first-order valence-electron chi connectivity index (χ1n) is 6.17. The van der Waals surface area contributed by atoms with Crippen molar-refractivity contribution in [3.8, 4) is 5.75 Å². The van der Waals surface area contributed by atoms with E-state index in [0.29, 0.717) is 12.3 Å². The Morgan fingerprint density at radius 1 is 1.44 bits per heavy atom. The largest absolute Gasteiger partial charge is 0.505 e. The van der Waals surface area contributed by atoms with Crippen LogP contribution >= 0.6 is 0 Å². The van der Waals surface area contributed by atoms with Crippen LogP contribution in [0, 0.1) is 4.91 Å². The minimum absolute atomic E-state index is 0. The summed E-state index contributed by atoms with van der Waals surface area (Å²) in [6.45, 7) is 0. The molecule has 3 rings (SSSR count). The molecule has 0 bridgehead atoms. The van der Waals surface area contributed by atoms with Crippen LogP contribution in [0.15, 0.2) is 11.2 Å². The molecule has 0 aromatic heterocycles. The SMILES string of the molecule is C.N[C@@H]1Cc2c(O)c(N=O)cc3c2C(CCC3)C1. The summed E-state index contributed by atoms with van der Waals surface area (Å²) in [7, 11) is 0. The number of aromatic hydroxyl groups is 1. The lowest BCUT2D eigenvalue weighted by Gasteiger charge is -2.35. The zero-order chi connectivity index (χ0) is 12.0. The highest BCUT2D eigenvalue weighted by Gasteiger charge is 2.32. The zero-order valence-electron chi connectivity index (χ0n) is 9.65. The summed E-state index contributed by atoms with van der Waals surface area (Å²) in [5.74, 6) is 0.518. The summed E-state index contributed by atoms with van der Waals surface area (Å²) < 4.78 is 0. The molecule has 1 aromatic carbocycles. The number of phenolic OH excluding ortho intramolecular Hbond substituents is 1. The van der Waals surface area contributed by atoms with Crippen molar-refractivity contribution in [3.05, 3.63) is 27.7 Å². The van der Waals surface area contributed by atoms with E-state index >= 15 is 0 Å². The van der Waals surface area contributed by atoms with Gasteiger partial charge in [-0.2, -0.15) is 0 Å². The smallest absolute Gasteiger partial charge is 0.150 e. The molecule has 0 saturated carbocycles. The van der Waals surface area contributed by atoms with Crippen molar-refractivity contribution in [1.29, 1.82) is 0 Å². The minimum Gasteiger partial charge on any atom is -0.505 e. The van der Waals surface area contributed by atoms with Crippen LogP contribution in [0.5, 0.6) is 5.75 Å². The molecule has 4 heteroatoms. The lowest BCUT2D eigenvalue weighted by atomic mass is 9.71. The van der Waals surface area contributed by atoms with E-state index < -0.39 is 0 Å². The van der Waals surface area contributed by atoms with E-state index in [-0.39, 0.29) is 24.9 Å². The molecule has 0 fully saturated rings. The van der Waals surface area contributed by atoms with Crippen LogP contribution < -0.4 is 5.73 Å². The van der Waals surface area contributed by atoms with Gasteiger partial charge in [-0.1, -0.05) is 7.43 Å². The van der Waals surface area contributed by atoms with Gasteiger partial charge in [-0.3, -0.25) is 0 Å². The summed E-state index contributed by atoms with van der Waals surface area (Å²) in [5.41, 5.74) is 9.52. The first-order chi connectivity index (χ1) is 8.20. The molecule has 1 aromatic rings. The number of nitrogens with two attached hydrogens (primary N) is 1. The Hall–Kier alpha value is -1.42. The molecule has 0 saturated heterocycles. The average molecular weight is 248 g/mol. The average Bonchev–Trinajstić information content (AvgIpc) is 2.33. The molecule has 2 atom stereocenters. The van der Waals surface area contributed by atoms with Crippen molar-refractivity contribution in [3.63, 3.8) is 0 Å². The van der Waals surface area contributed by atoms with Gasteiger partial charge >= 0.3 is 0 Å². The predicted molar refractivity (Wildman–Crippen MR) is 72.3 cm³/mol. The van der Waals surface area contributed by atoms with Gasteiger partial charge in [-0.05, 0) is 60.4 Å². The monoisotopic (exact) mass is 248 g/mol. The lowest BCUT2D eigenvalue weighted by Crippen LogP contribution is -2.32. The van der Waals surface area contributed by atoms with Crippen molar-refractivity contribution in [2.45, 2.75) is 51.5 Å². The molecule has 98 valence electrons. The van der Waals surface area contributed by atoms with Crippen molar-refractivity contribution < 1.29 is 5.11 Å². The minimum atomic E-state index is 0. The Labute approximate surface area is 107 Å². The van der Waals surface area contributed by atoms with Crippen LogP contribution in [0.2, 0.25) is 0 Å². The number of phenols is 1. The maximum absolute atomic E-state index is 10.7. The molecule has 3 N–H and O–H groups in total. The molecular formula is C14H20N2O2. The van der Waals surface area contributed by atoms with Crippen molar-refractivity contribution >= 4 is 5.69 Å². The number of hydrogen-bond acceptors (Lipinski definition) is 4. The number of benzene rings is 1. The number of nitroso groups, excluding NO2 is 1. The van der Waals surface area contributed by atoms with Crippen LogP contribution in [0.4, 0.5) is 5.69 Å². The van der Waals surface area contributed by atoms with E-state index in [4.69, 9.17) is 5.73 Å². The topological polar surface area (TPSA) is 75.7 Å². The van der Waals surface area contributed by atoms with E-state index in [1.165, 1.54) is 11.1 Å². The Kier molecular flexibility index (Phi) is 3.39. The van der Waals surface area contributed by atoms with Gasteiger partial charge in [0, 0.05) is 11.6 Å². The maximum Gasteiger partial charge on any atom is 0.150 e. The molecule has 2 aliphatic rings. The lowest BCUT2D eigenvalue weighted by molar-refractivity contribution is 0.411. The highest BCUT2D eigenvalue weighted by atomic mass is 16.3. The normalized spacial score (nSPS) is 24.9. The van der Waals surface area contributed by atoms with Gasteiger partial charge in [-0.15, -0.1) is 4.91 Å². The van der Waals surface area contributed by atoms with Crippen molar-refractivity contribution in [2.24, 2.45) is 10.9 Å². The summed E-state index contributed by atoms with van der Waals surface area (Å²) in [6.07, 6.45) is 4.91. The molecule has 0 aliphatic heterocycles. The van der Waals surface area contributed by atoms with Crippen LogP contribution in [0.25, 0.3) is 0 Å². The van der Waals surface area contributed by atoms with Crippen molar-refractivity contribution in [1.82, 2.24) is 0 Å². The van der Waals surface area contributed by atoms with E-state index in [9.17, 15) is 10.0 Å². The number of aryl methyl sites for hydroxylation is 1. The predicted octanol–water partition coefficient (Wildman–Crippen LogP) is 3.12. The first-order valence-corrected chi connectivity index (χ1v) is 6.17. The van der Waals surface area contributed by atoms with Gasteiger partial charge in [0.25, 0.3) is 0 Å². The molecule has 2 aliphatic carbocycles. The van der Waals surface area contributed by atoms with E-state index in [1.807, 2.05) is 0 Å². The van der Waals surface area contributed by atoms with Gasteiger partial charge in [0.05, 0.1) is 0 Å². The van der Waals surface area contributed by atoms with Gasteiger partial charge < -0.3 is 10.8 Å². The van der Waals surface area contributed by atoms with E-state index in [1.54, 1.807) is 6.07 Å². The molecule has 18 heavy (non-hydrogen) atoms. The molecule has 1 unspecified atom stereocenters. The molecular weight excluding hydrogens is 228 g/mol. The summed E-state index contributed by atoms with van der Waals surface area (Å²) in [4.78, 5) is 10.7. The highest BCUT2D eigenvalue weighted by Crippen LogP contribution is 2.47. The van der Waals surface area contributed by atoms with Crippen LogP contribution in [0.3, 0.4) is 0 Å². The Bertz CT molecular complexity index is 485. The van der Waals surface area contributed by atoms with Crippen molar-refractivity contribution in [2.75, 3.05) is 0 Å². The summed E-state index contributed by atoms with van der Waals surface area (Å²) >= 11 is 0. The quantitative estimate of drug-likeness (QED) is 0.750. The number of nitrogens with zero attached hydrogens (tertiary/aromatic N) is 1. The second-order valence-electron chi connectivity index (χ2n) is 5.18. The molecule has 4 nitrogen and oxygen atoms in total. The third-order valence-corrected chi connectivity index (χ3v) is 4.07. The Balaban J connectivity index is 0.00000120. The number of hydrogen-bond donors (Lipinski definition) is 2. The Morgan fingerprint density at radius 2 is 2.22 bits per heavy atom.